The van der Waals surface area contributed by atoms with Crippen molar-refractivity contribution in [1.82, 2.24) is 4.90 Å². The number of hydrogen-bond donors (Lipinski definition) is 1. The number of anilines is 1. The van der Waals surface area contributed by atoms with Crippen molar-refractivity contribution < 1.29 is 23.5 Å². The van der Waals surface area contributed by atoms with E-state index in [1.54, 1.807) is 31.9 Å². The van der Waals surface area contributed by atoms with Gasteiger partial charge in [0.2, 0.25) is 11.8 Å². The number of aryl methyl sites for hydroxylation is 1. The average molecular weight is 413 g/mol. The molecule has 0 aliphatic rings. The number of Topliss-reactive ketones (excluding diaryl/α,β-unsaturated/α-hetero) is 1. The highest BCUT2D eigenvalue weighted by Gasteiger charge is 2.28. The molecule has 2 aromatic heterocycles. The number of carbonyl (C=O) groups excluding carboxylic acids is 3. The minimum Gasteiger partial charge on any atom is -0.462 e. The number of amides is 1. The molecule has 0 aliphatic carbocycles. The lowest BCUT2D eigenvalue weighted by Gasteiger charge is -2.15. The van der Waals surface area contributed by atoms with Crippen LogP contribution in [-0.2, 0) is 16.1 Å². The molecule has 9 heteroatoms. The Hall–Kier alpha value is -2.16. The van der Waals surface area contributed by atoms with E-state index < -0.39 is 5.97 Å². The first kappa shape index (κ1) is 21.1. The van der Waals surface area contributed by atoms with Crippen LogP contribution in [0, 0.1) is 6.92 Å². The Morgan fingerprint density at radius 1 is 1.30 bits per heavy atom. The maximum atomic E-state index is 12.4. The highest BCUT2D eigenvalue weighted by Crippen LogP contribution is 2.28. The minimum atomic E-state index is -0.712. The van der Waals surface area contributed by atoms with Crippen LogP contribution in [0.5, 0.6) is 0 Å². The second kappa shape index (κ2) is 9.16. The quantitative estimate of drug-likeness (QED) is 0.524. The fourth-order valence-electron chi connectivity index (χ4n) is 2.62. The monoisotopic (exact) mass is 412 g/mol. The Morgan fingerprint density at radius 2 is 2.00 bits per heavy atom. The second-order valence-electron chi connectivity index (χ2n) is 5.94. The zero-order valence-corrected chi connectivity index (χ0v) is 17.1. The number of hydrogen-bond acceptors (Lipinski definition) is 7. The predicted octanol–water partition coefficient (Wildman–Crippen LogP) is 3.75. The highest BCUT2D eigenvalue weighted by molar-refractivity contribution is 7.16. The lowest BCUT2D eigenvalue weighted by atomic mass is 10.1. The van der Waals surface area contributed by atoms with Gasteiger partial charge in [-0.2, -0.15) is 0 Å². The molecule has 1 amide bonds. The minimum absolute atomic E-state index is 0.0529. The summed E-state index contributed by atoms with van der Waals surface area (Å²) in [5.74, 6) is -1.26. The topological polar surface area (TPSA) is 88.8 Å². The molecule has 0 saturated heterocycles. The van der Waals surface area contributed by atoms with E-state index in [0.29, 0.717) is 10.9 Å². The predicted molar refractivity (Wildman–Crippen MR) is 104 cm³/mol. The number of esters is 1. The molecule has 0 saturated carbocycles. The van der Waals surface area contributed by atoms with Crippen LogP contribution in [0.3, 0.4) is 0 Å². The third kappa shape index (κ3) is 5.41. The normalized spacial score (nSPS) is 10.9. The lowest BCUT2D eigenvalue weighted by Crippen LogP contribution is -2.30. The molecule has 1 N–H and O–H groups in total. The van der Waals surface area contributed by atoms with E-state index in [2.05, 4.69) is 5.32 Å². The third-order valence-corrected chi connectivity index (χ3v) is 4.85. The van der Waals surface area contributed by atoms with Crippen LogP contribution in [0.25, 0.3) is 0 Å². The molecule has 7 nitrogen and oxygen atoms in total. The molecule has 2 heterocycles. The van der Waals surface area contributed by atoms with Crippen LogP contribution < -0.4 is 5.32 Å². The Kier molecular flexibility index (Phi) is 7.18. The van der Waals surface area contributed by atoms with E-state index in [0.717, 1.165) is 4.88 Å². The van der Waals surface area contributed by atoms with Crippen LogP contribution in [0.4, 0.5) is 5.88 Å². The summed E-state index contributed by atoms with van der Waals surface area (Å²) in [5, 5.41) is 2.56. The van der Waals surface area contributed by atoms with Gasteiger partial charge in [0.05, 0.1) is 23.1 Å². The van der Waals surface area contributed by atoms with Gasteiger partial charge in [-0.15, -0.1) is 11.3 Å². The van der Waals surface area contributed by atoms with Crippen molar-refractivity contribution in [1.29, 1.82) is 0 Å². The van der Waals surface area contributed by atoms with Gasteiger partial charge in [0.15, 0.2) is 5.78 Å². The van der Waals surface area contributed by atoms with Crippen LogP contribution in [-0.4, -0.2) is 42.8 Å². The summed E-state index contributed by atoms with van der Waals surface area (Å²) in [7, 11) is 1.79. The number of halogens is 1. The molecule has 0 aliphatic heterocycles. The molecule has 27 heavy (non-hydrogen) atoms. The standard InChI is InChI=1S/C18H21ClN2O5S/c1-5-25-18(24)16-15(10(2)22)11(3)26-17(16)20-14(23)9-21(4)8-12-6-7-13(19)27-12/h6-7H,5,8-9H2,1-4H3,(H,20,23). The number of ether oxygens (including phenoxy) is 1. The molecule has 2 aromatic rings. The van der Waals surface area contributed by atoms with Crippen molar-refractivity contribution in [3.8, 4) is 0 Å². The Bertz CT molecular complexity index is 858. The maximum Gasteiger partial charge on any atom is 0.344 e. The van der Waals surface area contributed by atoms with Gasteiger partial charge in [0, 0.05) is 11.4 Å². The van der Waals surface area contributed by atoms with Gasteiger partial charge >= 0.3 is 5.97 Å². The molecular weight excluding hydrogens is 392 g/mol. The van der Waals surface area contributed by atoms with Crippen LogP contribution >= 0.6 is 22.9 Å². The molecule has 0 spiro atoms. The second-order valence-corrected chi connectivity index (χ2v) is 7.74. The Balaban J connectivity index is 2.13. The molecule has 0 fully saturated rings. The molecule has 0 radical (unpaired) electrons. The van der Waals surface area contributed by atoms with Gasteiger partial charge < -0.3 is 9.15 Å². The Morgan fingerprint density at radius 3 is 2.56 bits per heavy atom. The van der Waals surface area contributed by atoms with Crippen molar-refractivity contribution in [3.05, 3.63) is 38.2 Å². The van der Waals surface area contributed by atoms with Crippen LogP contribution in [0.2, 0.25) is 4.34 Å². The van der Waals surface area contributed by atoms with Crippen molar-refractivity contribution in [2.45, 2.75) is 27.3 Å². The van der Waals surface area contributed by atoms with Gasteiger partial charge in [0.25, 0.3) is 0 Å². The van der Waals surface area contributed by atoms with Crippen molar-refractivity contribution in [2.24, 2.45) is 0 Å². The third-order valence-electron chi connectivity index (χ3n) is 3.64. The van der Waals surface area contributed by atoms with Crippen LogP contribution in [0.15, 0.2) is 16.5 Å². The number of rotatable bonds is 8. The summed E-state index contributed by atoms with van der Waals surface area (Å²) in [4.78, 5) is 39.3. The Labute approximate surface area is 166 Å². The van der Waals surface area contributed by atoms with Crippen molar-refractivity contribution in [3.63, 3.8) is 0 Å². The van der Waals surface area contributed by atoms with E-state index >= 15 is 0 Å². The van der Waals surface area contributed by atoms with E-state index in [4.69, 9.17) is 20.8 Å². The average Bonchev–Trinajstić information content (AvgIpc) is 3.10. The lowest BCUT2D eigenvalue weighted by molar-refractivity contribution is -0.117. The summed E-state index contributed by atoms with van der Waals surface area (Å²) < 4.78 is 11.1. The van der Waals surface area contributed by atoms with E-state index in [-0.39, 0.29) is 47.6 Å². The molecule has 0 aromatic carbocycles. The van der Waals surface area contributed by atoms with Gasteiger partial charge in [-0.05, 0) is 40.0 Å². The molecular formula is C18H21ClN2O5S. The summed E-state index contributed by atoms with van der Waals surface area (Å²) >= 11 is 7.35. The zero-order chi connectivity index (χ0) is 20.1. The fraction of sp³-hybridized carbons (Fsp3) is 0.389. The first-order valence-electron chi connectivity index (χ1n) is 8.27. The first-order valence-corrected chi connectivity index (χ1v) is 9.46. The number of nitrogens with one attached hydrogen (secondary N) is 1. The highest BCUT2D eigenvalue weighted by atomic mass is 35.5. The molecule has 0 atom stereocenters. The summed E-state index contributed by atoms with van der Waals surface area (Å²) in [6.45, 7) is 5.29. The van der Waals surface area contributed by atoms with E-state index in [1.807, 2.05) is 6.07 Å². The number of nitrogens with zero attached hydrogens (tertiary/aromatic N) is 1. The summed E-state index contributed by atoms with van der Waals surface area (Å²) in [6, 6.07) is 3.70. The maximum absolute atomic E-state index is 12.4. The van der Waals surface area contributed by atoms with Crippen molar-refractivity contribution in [2.75, 3.05) is 25.5 Å². The molecule has 0 bridgehead atoms. The number of thiophene rings is 1. The number of furan rings is 1. The zero-order valence-electron chi connectivity index (χ0n) is 15.6. The van der Waals surface area contributed by atoms with Crippen LogP contribution in [0.1, 0.15) is 45.2 Å². The van der Waals surface area contributed by atoms with Gasteiger partial charge in [-0.3, -0.25) is 19.8 Å². The summed E-state index contributed by atoms with van der Waals surface area (Å²) in [5.41, 5.74) is 0.0632. The van der Waals surface area contributed by atoms with Gasteiger partial charge in [0.1, 0.15) is 11.3 Å². The number of ketones is 1. The first-order chi connectivity index (χ1) is 12.7. The van der Waals surface area contributed by atoms with Crippen molar-refractivity contribution >= 4 is 46.5 Å². The smallest absolute Gasteiger partial charge is 0.344 e. The number of likely N-dealkylation sites (N-methyl/N-ethyl adjacent to an activating group) is 1. The number of carbonyl (C=O) groups is 3. The van der Waals surface area contributed by atoms with E-state index in [9.17, 15) is 14.4 Å². The largest absolute Gasteiger partial charge is 0.462 e. The SMILES string of the molecule is CCOC(=O)c1c(NC(=O)CN(C)Cc2ccc(Cl)s2)oc(C)c1C(C)=O. The molecule has 2 rings (SSSR count). The molecule has 0 unspecified atom stereocenters. The molecule has 146 valence electrons. The fourth-order valence-corrected chi connectivity index (χ4v) is 3.79. The van der Waals surface area contributed by atoms with E-state index in [1.165, 1.54) is 18.3 Å². The van der Waals surface area contributed by atoms with Gasteiger partial charge in [-0.1, -0.05) is 11.6 Å². The summed E-state index contributed by atoms with van der Waals surface area (Å²) in [6.07, 6.45) is 0. The van der Waals surface area contributed by atoms with Gasteiger partial charge in [-0.25, -0.2) is 4.79 Å².